The number of imidazole rings is 1. The van der Waals surface area contributed by atoms with Crippen molar-refractivity contribution in [1.82, 2.24) is 24.1 Å². The van der Waals surface area contributed by atoms with E-state index in [0.29, 0.717) is 10.4 Å². The van der Waals surface area contributed by atoms with Gasteiger partial charge in [-0.1, -0.05) is 11.6 Å². The highest BCUT2D eigenvalue weighted by Gasteiger charge is 2.41. The standard InChI is InChI=1S/C20H15ClF4N6O2/c1-10(33-2)16-13(21)7-11(8-27-16)29-19(32)12-9-28-31(17(12)20(23,24)25)15-4-3-14(22)18-26-5-6-30(15)18/h3-10H,1-2H3,(H,29,32). The van der Waals surface area contributed by atoms with Crippen LogP contribution in [0.1, 0.15) is 34.8 Å². The van der Waals surface area contributed by atoms with Crippen molar-refractivity contribution in [2.24, 2.45) is 0 Å². The molecule has 4 aromatic rings. The second kappa shape index (κ2) is 8.45. The molecule has 1 amide bonds. The fraction of sp³-hybridized carbons (Fsp3) is 0.200. The van der Waals surface area contributed by atoms with Gasteiger partial charge in [-0.2, -0.15) is 18.3 Å². The first-order valence-electron chi connectivity index (χ1n) is 9.38. The number of pyridine rings is 2. The lowest BCUT2D eigenvalue weighted by molar-refractivity contribution is -0.143. The first-order chi connectivity index (χ1) is 15.6. The molecule has 1 atom stereocenters. The molecule has 8 nitrogen and oxygen atoms in total. The molecule has 4 heterocycles. The Kier molecular flexibility index (Phi) is 5.80. The lowest BCUT2D eigenvalue weighted by atomic mass is 10.2. The van der Waals surface area contributed by atoms with Gasteiger partial charge in [0.1, 0.15) is 5.82 Å². The third-order valence-electron chi connectivity index (χ3n) is 4.85. The Morgan fingerprint density at radius 1 is 1.24 bits per heavy atom. The zero-order chi connectivity index (χ0) is 23.9. The zero-order valence-electron chi connectivity index (χ0n) is 17.1. The van der Waals surface area contributed by atoms with Crippen molar-refractivity contribution in [3.8, 4) is 5.82 Å². The molecule has 1 N–H and O–H groups in total. The highest BCUT2D eigenvalue weighted by molar-refractivity contribution is 6.31. The fourth-order valence-electron chi connectivity index (χ4n) is 3.23. The van der Waals surface area contributed by atoms with Crippen molar-refractivity contribution in [3.05, 3.63) is 70.8 Å². The van der Waals surface area contributed by atoms with Gasteiger partial charge in [-0.25, -0.2) is 14.1 Å². The quantitative estimate of drug-likeness (QED) is 0.417. The number of fused-ring (bicyclic) bond motifs is 1. The van der Waals surface area contributed by atoms with Gasteiger partial charge in [-0.05, 0) is 25.1 Å². The second-order valence-electron chi connectivity index (χ2n) is 6.90. The number of anilines is 1. The maximum atomic E-state index is 14.0. The number of nitrogens with one attached hydrogen (secondary N) is 1. The molecule has 0 aliphatic rings. The van der Waals surface area contributed by atoms with Crippen LogP contribution >= 0.6 is 11.6 Å². The monoisotopic (exact) mass is 482 g/mol. The number of alkyl halides is 3. The lowest BCUT2D eigenvalue weighted by Gasteiger charge is -2.15. The van der Waals surface area contributed by atoms with Crippen LogP contribution in [0.5, 0.6) is 0 Å². The summed E-state index contributed by atoms with van der Waals surface area (Å²) in [6.07, 6.45) is -0.837. The summed E-state index contributed by atoms with van der Waals surface area (Å²) in [6.45, 7) is 1.71. The van der Waals surface area contributed by atoms with Crippen LogP contribution < -0.4 is 5.32 Å². The van der Waals surface area contributed by atoms with E-state index in [1.165, 1.54) is 31.8 Å². The van der Waals surface area contributed by atoms with E-state index in [0.717, 1.165) is 22.7 Å². The number of aromatic nitrogens is 5. The van der Waals surface area contributed by atoms with Crippen LogP contribution in [0.4, 0.5) is 23.2 Å². The summed E-state index contributed by atoms with van der Waals surface area (Å²) < 4.78 is 62.6. The van der Waals surface area contributed by atoms with E-state index < -0.39 is 35.3 Å². The molecule has 0 aromatic carbocycles. The van der Waals surface area contributed by atoms with Gasteiger partial charge in [0, 0.05) is 19.5 Å². The number of ether oxygens (including phenoxy) is 1. The van der Waals surface area contributed by atoms with Gasteiger partial charge in [0.2, 0.25) is 0 Å². The van der Waals surface area contributed by atoms with E-state index >= 15 is 0 Å². The van der Waals surface area contributed by atoms with Crippen LogP contribution in [0.2, 0.25) is 5.02 Å². The summed E-state index contributed by atoms with van der Waals surface area (Å²) >= 11 is 6.15. The second-order valence-corrected chi connectivity index (χ2v) is 7.31. The molecule has 0 saturated heterocycles. The maximum Gasteiger partial charge on any atom is 0.434 e. The number of amides is 1. The molecule has 172 valence electrons. The summed E-state index contributed by atoms with van der Waals surface area (Å²) in [6, 6.07) is 3.42. The van der Waals surface area contributed by atoms with Crippen molar-refractivity contribution in [3.63, 3.8) is 0 Å². The fourth-order valence-corrected chi connectivity index (χ4v) is 3.55. The highest BCUT2D eigenvalue weighted by atomic mass is 35.5. The van der Waals surface area contributed by atoms with E-state index in [4.69, 9.17) is 16.3 Å². The number of hydrogen-bond donors (Lipinski definition) is 1. The first-order valence-corrected chi connectivity index (χ1v) is 9.76. The van der Waals surface area contributed by atoms with Crippen LogP contribution in [0.15, 0.2) is 43.0 Å². The van der Waals surface area contributed by atoms with Gasteiger partial charge in [0.15, 0.2) is 17.2 Å². The first kappa shape index (κ1) is 22.7. The van der Waals surface area contributed by atoms with Crippen LogP contribution in [0, 0.1) is 5.82 Å². The number of methoxy groups -OCH3 is 1. The Hall–Kier alpha value is -3.51. The molecule has 0 saturated carbocycles. The number of halogens is 5. The summed E-state index contributed by atoms with van der Waals surface area (Å²) in [5, 5.41) is 6.26. The van der Waals surface area contributed by atoms with Gasteiger partial charge >= 0.3 is 6.18 Å². The van der Waals surface area contributed by atoms with Crippen molar-refractivity contribution >= 4 is 28.8 Å². The van der Waals surface area contributed by atoms with E-state index in [-0.39, 0.29) is 22.2 Å². The summed E-state index contributed by atoms with van der Waals surface area (Å²) in [7, 11) is 1.47. The number of nitrogens with zero attached hydrogens (tertiary/aromatic N) is 5. The van der Waals surface area contributed by atoms with Gasteiger partial charge < -0.3 is 10.1 Å². The van der Waals surface area contributed by atoms with Crippen molar-refractivity contribution in [2.75, 3.05) is 12.4 Å². The molecule has 0 spiro atoms. The van der Waals surface area contributed by atoms with E-state index in [1.807, 2.05) is 0 Å². The van der Waals surface area contributed by atoms with Crippen LogP contribution in [0.25, 0.3) is 11.5 Å². The minimum Gasteiger partial charge on any atom is -0.375 e. The predicted octanol–water partition coefficient (Wildman–Crippen LogP) is 4.69. The molecule has 4 rings (SSSR count). The van der Waals surface area contributed by atoms with Crippen LogP contribution in [0.3, 0.4) is 0 Å². The Bertz CT molecular complexity index is 1350. The zero-order valence-corrected chi connectivity index (χ0v) is 17.8. The molecule has 0 aliphatic carbocycles. The summed E-state index contributed by atoms with van der Waals surface area (Å²) in [5.41, 5.74) is -1.79. The molecule has 33 heavy (non-hydrogen) atoms. The largest absolute Gasteiger partial charge is 0.434 e. The normalized spacial score (nSPS) is 12.8. The molecule has 4 aromatic heterocycles. The molecule has 0 bridgehead atoms. The summed E-state index contributed by atoms with van der Waals surface area (Å²) in [4.78, 5) is 20.6. The average Bonchev–Trinajstić information content (AvgIpc) is 3.41. The van der Waals surface area contributed by atoms with Gasteiger partial charge in [-0.15, -0.1) is 0 Å². The molecule has 13 heteroatoms. The van der Waals surface area contributed by atoms with E-state index in [2.05, 4.69) is 20.4 Å². The third-order valence-corrected chi connectivity index (χ3v) is 5.15. The molecule has 0 fully saturated rings. The van der Waals surface area contributed by atoms with E-state index in [9.17, 15) is 22.4 Å². The predicted molar refractivity (Wildman–Crippen MR) is 110 cm³/mol. The highest BCUT2D eigenvalue weighted by Crippen LogP contribution is 2.34. The Labute approximate surface area is 188 Å². The molecular formula is C20H15ClF4N6O2. The maximum absolute atomic E-state index is 14.0. The van der Waals surface area contributed by atoms with Gasteiger partial charge in [0.25, 0.3) is 5.91 Å². The smallest absolute Gasteiger partial charge is 0.375 e. The Morgan fingerprint density at radius 2 is 2.00 bits per heavy atom. The topological polar surface area (TPSA) is 86.3 Å². The van der Waals surface area contributed by atoms with E-state index in [1.54, 1.807) is 6.92 Å². The third kappa shape index (κ3) is 4.14. The average molecular weight is 483 g/mol. The van der Waals surface area contributed by atoms with Crippen molar-refractivity contribution < 1.29 is 27.1 Å². The Balaban J connectivity index is 1.74. The molecule has 0 aliphatic heterocycles. The number of carbonyl (C=O) groups excluding carboxylic acids is 1. The number of hydrogen-bond acceptors (Lipinski definition) is 5. The van der Waals surface area contributed by atoms with Gasteiger partial charge in [0.05, 0.1) is 40.5 Å². The minimum atomic E-state index is -4.96. The van der Waals surface area contributed by atoms with Crippen molar-refractivity contribution in [1.29, 1.82) is 0 Å². The van der Waals surface area contributed by atoms with Crippen LogP contribution in [-0.4, -0.2) is 37.2 Å². The SMILES string of the molecule is COC(C)c1ncc(NC(=O)c2cnn(-c3ccc(F)c4nccn34)c2C(F)(F)F)cc1Cl. The molecule has 0 radical (unpaired) electrons. The van der Waals surface area contributed by atoms with Gasteiger partial charge in [-0.3, -0.25) is 14.2 Å². The summed E-state index contributed by atoms with van der Waals surface area (Å²) in [5.74, 6) is -1.96. The molecule has 1 unspecified atom stereocenters. The number of carbonyl (C=O) groups is 1. The minimum absolute atomic E-state index is 0.0803. The number of rotatable bonds is 5. The lowest BCUT2D eigenvalue weighted by Crippen LogP contribution is -2.21. The van der Waals surface area contributed by atoms with Crippen LogP contribution in [-0.2, 0) is 10.9 Å². The van der Waals surface area contributed by atoms with Crippen molar-refractivity contribution in [2.45, 2.75) is 19.2 Å². The Morgan fingerprint density at radius 3 is 2.67 bits per heavy atom. The molecular weight excluding hydrogens is 468 g/mol.